The van der Waals surface area contributed by atoms with Gasteiger partial charge in [0.15, 0.2) is 6.04 Å². The average molecular weight is 447 g/mol. The molecule has 32 heavy (non-hydrogen) atoms. The van der Waals surface area contributed by atoms with Crippen LogP contribution in [0.4, 0.5) is 17.6 Å². The van der Waals surface area contributed by atoms with Crippen LogP contribution in [0.25, 0.3) is 11.1 Å². The van der Waals surface area contributed by atoms with Gasteiger partial charge in [0.25, 0.3) is 0 Å². The zero-order chi connectivity index (χ0) is 23.7. The summed E-state index contributed by atoms with van der Waals surface area (Å²) < 4.78 is 57.0. The molecule has 1 saturated carbocycles. The lowest BCUT2D eigenvalue weighted by Gasteiger charge is -2.38. The molecule has 8 heteroatoms. The summed E-state index contributed by atoms with van der Waals surface area (Å²) in [6, 6.07) is 12.8. The average Bonchev–Trinajstić information content (AvgIpc) is 3.51. The normalized spacial score (nSPS) is 17.2. The number of nitriles is 1. The van der Waals surface area contributed by atoms with E-state index < -0.39 is 41.8 Å². The summed E-state index contributed by atoms with van der Waals surface area (Å²) in [6.07, 6.45) is -5.10. The van der Waals surface area contributed by atoms with Crippen molar-refractivity contribution < 1.29 is 22.4 Å². The molecule has 0 bridgehead atoms. The summed E-state index contributed by atoms with van der Waals surface area (Å²) in [5, 5.41) is 9.62. The second-order valence-electron chi connectivity index (χ2n) is 8.81. The summed E-state index contributed by atoms with van der Waals surface area (Å²) in [7, 11) is 0. The van der Waals surface area contributed by atoms with Crippen molar-refractivity contribution in [3.8, 4) is 17.2 Å². The molecule has 0 saturated heterocycles. The van der Waals surface area contributed by atoms with Crippen LogP contribution in [-0.4, -0.2) is 34.2 Å². The van der Waals surface area contributed by atoms with Crippen molar-refractivity contribution in [1.82, 2.24) is 4.90 Å². The van der Waals surface area contributed by atoms with Gasteiger partial charge in [-0.2, -0.15) is 18.4 Å². The van der Waals surface area contributed by atoms with E-state index >= 15 is 0 Å². The fraction of sp³-hybridized carbons (Fsp3) is 0.417. The molecule has 3 rings (SSSR count). The van der Waals surface area contributed by atoms with Gasteiger partial charge in [0, 0.05) is 6.42 Å². The Labute approximate surface area is 184 Å². The summed E-state index contributed by atoms with van der Waals surface area (Å²) in [5.74, 6) is -1.08. The Morgan fingerprint density at radius 3 is 2.03 bits per heavy atom. The highest BCUT2D eigenvalue weighted by molar-refractivity contribution is 5.84. The number of halogens is 4. The highest BCUT2D eigenvalue weighted by Gasteiger charge is 2.60. The predicted octanol–water partition coefficient (Wildman–Crippen LogP) is 5.31. The standard InChI is InChI=1S/C24H25F4N3O/c1-22(2,25)14-19(30)21(32)31(23(15-29)12-13-23)20(24(26,27)28)18-10-8-17(9-11-18)16-6-4-3-5-7-16/h3-11,19-20H,12-14,30H2,1-2H3/t19-,20-/m0/s1. The van der Waals surface area contributed by atoms with Crippen molar-refractivity contribution in [2.24, 2.45) is 5.73 Å². The highest BCUT2D eigenvalue weighted by Crippen LogP contribution is 2.50. The minimum absolute atomic E-state index is 0.107. The number of nitrogens with zero attached hydrogens (tertiary/aromatic N) is 2. The lowest BCUT2D eigenvalue weighted by molar-refractivity contribution is -0.198. The van der Waals surface area contributed by atoms with Crippen molar-refractivity contribution >= 4 is 5.91 Å². The predicted molar refractivity (Wildman–Crippen MR) is 113 cm³/mol. The van der Waals surface area contributed by atoms with E-state index in [1.165, 1.54) is 26.0 Å². The van der Waals surface area contributed by atoms with Crippen LogP contribution in [-0.2, 0) is 4.79 Å². The van der Waals surface area contributed by atoms with Crippen LogP contribution >= 0.6 is 0 Å². The van der Waals surface area contributed by atoms with E-state index in [-0.39, 0.29) is 18.4 Å². The van der Waals surface area contributed by atoms with Crippen molar-refractivity contribution in [3.05, 3.63) is 60.2 Å². The Bertz CT molecular complexity index is 987. The first-order valence-electron chi connectivity index (χ1n) is 10.3. The second-order valence-corrected chi connectivity index (χ2v) is 8.81. The minimum atomic E-state index is -4.86. The third-order valence-electron chi connectivity index (χ3n) is 5.55. The molecule has 2 atom stereocenters. The van der Waals surface area contributed by atoms with Crippen molar-refractivity contribution in [1.29, 1.82) is 5.26 Å². The highest BCUT2D eigenvalue weighted by atomic mass is 19.4. The van der Waals surface area contributed by atoms with E-state index in [0.717, 1.165) is 5.56 Å². The molecular weight excluding hydrogens is 422 g/mol. The molecule has 1 aliphatic carbocycles. The van der Waals surface area contributed by atoms with Crippen LogP contribution in [0.5, 0.6) is 0 Å². The van der Waals surface area contributed by atoms with E-state index in [0.29, 0.717) is 10.5 Å². The number of hydrogen-bond acceptors (Lipinski definition) is 3. The second kappa shape index (κ2) is 8.55. The summed E-state index contributed by atoms with van der Waals surface area (Å²) in [6.45, 7) is 2.40. The first kappa shape index (κ1) is 23.7. The van der Waals surface area contributed by atoms with Gasteiger partial charge in [-0.3, -0.25) is 4.79 Å². The molecule has 1 amide bonds. The minimum Gasteiger partial charge on any atom is -0.320 e. The van der Waals surface area contributed by atoms with E-state index in [1.807, 2.05) is 36.4 Å². The van der Waals surface area contributed by atoms with Gasteiger partial charge in [-0.1, -0.05) is 54.6 Å². The first-order chi connectivity index (χ1) is 14.9. The van der Waals surface area contributed by atoms with E-state index in [4.69, 9.17) is 5.73 Å². The number of benzene rings is 2. The van der Waals surface area contributed by atoms with E-state index in [2.05, 4.69) is 0 Å². The fourth-order valence-corrected chi connectivity index (χ4v) is 3.87. The van der Waals surface area contributed by atoms with Gasteiger partial charge in [-0.05, 0) is 43.4 Å². The topological polar surface area (TPSA) is 70.1 Å². The Morgan fingerprint density at radius 1 is 1.06 bits per heavy atom. The Hall–Kier alpha value is -2.92. The van der Waals surface area contributed by atoms with E-state index in [1.54, 1.807) is 12.1 Å². The van der Waals surface area contributed by atoms with Gasteiger partial charge >= 0.3 is 6.18 Å². The molecule has 0 spiro atoms. The number of carbonyl (C=O) groups is 1. The van der Waals surface area contributed by atoms with Gasteiger partial charge in [0.05, 0.1) is 12.1 Å². The maximum atomic E-state index is 14.3. The van der Waals surface area contributed by atoms with Crippen molar-refractivity contribution in [2.75, 3.05) is 0 Å². The molecular formula is C24H25F4N3O. The maximum Gasteiger partial charge on any atom is 0.413 e. The molecule has 0 heterocycles. The molecule has 1 aliphatic rings. The molecule has 1 fully saturated rings. The molecule has 4 nitrogen and oxygen atoms in total. The first-order valence-corrected chi connectivity index (χ1v) is 10.3. The third kappa shape index (κ3) is 5.10. The van der Waals surface area contributed by atoms with Crippen LogP contribution in [0.15, 0.2) is 54.6 Å². The largest absolute Gasteiger partial charge is 0.413 e. The number of alkyl halides is 4. The SMILES string of the molecule is CC(C)(F)C[C@H](N)C(=O)N([C@@H](c1ccc(-c2ccccc2)cc1)C(F)(F)F)C1(C#N)CC1. The lowest BCUT2D eigenvalue weighted by atomic mass is 9.95. The third-order valence-corrected chi connectivity index (χ3v) is 5.55. The molecule has 0 aromatic heterocycles. The number of carbonyl (C=O) groups excluding carboxylic acids is 1. The summed E-state index contributed by atoms with van der Waals surface area (Å²) in [5.41, 5.74) is 3.74. The quantitative estimate of drug-likeness (QED) is 0.585. The molecule has 2 N–H and O–H groups in total. The molecule has 0 unspecified atom stereocenters. The Kier molecular flexibility index (Phi) is 6.34. The van der Waals surface area contributed by atoms with Crippen LogP contribution in [0.1, 0.15) is 44.7 Å². The van der Waals surface area contributed by atoms with Crippen LogP contribution in [0.3, 0.4) is 0 Å². The molecule has 2 aromatic carbocycles. The van der Waals surface area contributed by atoms with Crippen LogP contribution in [0.2, 0.25) is 0 Å². The van der Waals surface area contributed by atoms with Gasteiger partial charge in [0.1, 0.15) is 11.2 Å². The lowest BCUT2D eigenvalue weighted by Crippen LogP contribution is -2.55. The van der Waals surface area contributed by atoms with Gasteiger partial charge < -0.3 is 10.6 Å². The molecule has 170 valence electrons. The van der Waals surface area contributed by atoms with Crippen LogP contribution in [0, 0.1) is 11.3 Å². The molecule has 2 aromatic rings. The van der Waals surface area contributed by atoms with Crippen LogP contribution < -0.4 is 5.73 Å². The molecule has 0 aliphatic heterocycles. The number of hydrogen-bond donors (Lipinski definition) is 1. The smallest absolute Gasteiger partial charge is 0.320 e. The van der Waals surface area contributed by atoms with Crippen molar-refractivity contribution in [3.63, 3.8) is 0 Å². The summed E-state index contributed by atoms with van der Waals surface area (Å²) >= 11 is 0. The number of rotatable bonds is 7. The van der Waals surface area contributed by atoms with Gasteiger partial charge in [-0.25, -0.2) is 4.39 Å². The van der Waals surface area contributed by atoms with E-state index in [9.17, 15) is 27.6 Å². The number of amides is 1. The Balaban J connectivity index is 2.03. The molecule has 0 radical (unpaired) electrons. The Morgan fingerprint density at radius 2 is 1.59 bits per heavy atom. The monoisotopic (exact) mass is 447 g/mol. The number of nitrogens with two attached hydrogens (primary N) is 1. The van der Waals surface area contributed by atoms with Crippen molar-refractivity contribution in [2.45, 2.75) is 62.6 Å². The fourth-order valence-electron chi connectivity index (χ4n) is 3.87. The zero-order valence-electron chi connectivity index (χ0n) is 17.9. The maximum absolute atomic E-state index is 14.3. The summed E-state index contributed by atoms with van der Waals surface area (Å²) in [4.78, 5) is 13.6. The van der Waals surface area contributed by atoms with Gasteiger partial charge in [0.2, 0.25) is 5.91 Å². The van der Waals surface area contributed by atoms with Gasteiger partial charge in [-0.15, -0.1) is 0 Å². The zero-order valence-corrected chi connectivity index (χ0v) is 17.9.